The largest absolute Gasteiger partial charge is 0.598 e. The number of benzene rings is 1. The summed E-state index contributed by atoms with van der Waals surface area (Å²) >= 11 is -1.32. The fourth-order valence-corrected chi connectivity index (χ4v) is 2.05. The highest BCUT2D eigenvalue weighted by atomic mass is 32.2. The first-order chi connectivity index (χ1) is 7.71. The average Bonchev–Trinajstić information content (AvgIpc) is 2.20. The quantitative estimate of drug-likeness (QED) is 0.849. The van der Waals surface area contributed by atoms with Gasteiger partial charge in [0.1, 0.15) is 16.4 Å². The Kier molecular flexibility index (Phi) is 4.52. The number of nitrogens with one attached hydrogen (secondary N) is 1. The van der Waals surface area contributed by atoms with Crippen molar-refractivity contribution in [2.24, 2.45) is 0 Å². The van der Waals surface area contributed by atoms with Gasteiger partial charge in [-0.25, -0.2) is 8.78 Å². The molecule has 0 aliphatic carbocycles. The van der Waals surface area contributed by atoms with Crippen LogP contribution < -0.4 is 4.72 Å². The maximum Gasteiger partial charge on any atom is 0.136 e. The molecule has 96 valence electrons. The van der Waals surface area contributed by atoms with Crippen LogP contribution in [0.1, 0.15) is 39.3 Å². The highest BCUT2D eigenvalue weighted by Gasteiger charge is 2.29. The molecular weight excluding hydrogens is 244 g/mol. The molecule has 17 heavy (non-hydrogen) atoms. The Balaban J connectivity index is 2.83. The molecule has 1 aromatic carbocycles. The summed E-state index contributed by atoms with van der Waals surface area (Å²) in [7, 11) is 0. The van der Waals surface area contributed by atoms with Gasteiger partial charge >= 0.3 is 0 Å². The van der Waals surface area contributed by atoms with Gasteiger partial charge in [0.15, 0.2) is 0 Å². The summed E-state index contributed by atoms with van der Waals surface area (Å²) in [6, 6.07) is 2.74. The molecule has 1 N–H and O–H groups in total. The van der Waals surface area contributed by atoms with Gasteiger partial charge in [-0.15, -0.1) is 4.72 Å². The van der Waals surface area contributed by atoms with Crippen LogP contribution in [0.25, 0.3) is 0 Å². The normalized spacial score (nSPS) is 15.7. The fraction of sp³-hybridized carbons (Fsp3) is 0.500. The standard InChI is InChI=1S/C12H17F2NOS/c1-8(15-17(16)12(2,3)4)10-7-9(13)5-6-11(10)14/h5-8,15H,1-4H3/t8-,17?/m0/s1. The Morgan fingerprint density at radius 1 is 1.29 bits per heavy atom. The van der Waals surface area contributed by atoms with Crippen molar-refractivity contribution in [1.82, 2.24) is 4.72 Å². The highest BCUT2D eigenvalue weighted by molar-refractivity contribution is 7.90. The first kappa shape index (κ1) is 14.4. The molecule has 5 heteroatoms. The zero-order chi connectivity index (χ0) is 13.2. The fourth-order valence-electron chi connectivity index (χ4n) is 1.25. The third-order valence-corrected chi connectivity index (χ3v) is 3.94. The van der Waals surface area contributed by atoms with Crippen molar-refractivity contribution < 1.29 is 13.3 Å². The summed E-state index contributed by atoms with van der Waals surface area (Å²) in [6.07, 6.45) is 0. The lowest BCUT2D eigenvalue weighted by molar-refractivity contribution is 0.519. The molecule has 0 aliphatic rings. The minimum Gasteiger partial charge on any atom is -0.598 e. The van der Waals surface area contributed by atoms with Gasteiger partial charge in [-0.1, -0.05) is 0 Å². The summed E-state index contributed by atoms with van der Waals surface area (Å²) < 4.78 is 40.6. The van der Waals surface area contributed by atoms with E-state index in [4.69, 9.17) is 0 Å². The molecule has 0 saturated carbocycles. The molecule has 1 rings (SSSR count). The first-order valence-corrected chi connectivity index (χ1v) is 6.50. The second kappa shape index (κ2) is 5.33. The van der Waals surface area contributed by atoms with Crippen LogP contribution in [0.2, 0.25) is 0 Å². The lowest BCUT2D eigenvalue weighted by Gasteiger charge is -2.26. The molecule has 1 unspecified atom stereocenters. The van der Waals surface area contributed by atoms with Crippen molar-refractivity contribution in [2.45, 2.75) is 38.5 Å². The Morgan fingerprint density at radius 3 is 2.41 bits per heavy atom. The van der Waals surface area contributed by atoms with Crippen LogP contribution in [0.4, 0.5) is 8.78 Å². The van der Waals surface area contributed by atoms with E-state index in [1.54, 1.807) is 6.92 Å². The summed E-state index contributed by atoms with van der Waals surface area (Å²) in [6.45, 7) is 7.09. The molecule has 0 saturated heterocycles. The Labute approximate surface area is 104 Å². The van der Waals surface area contributed by atoms with E-state index in [2.05, 4.69) is 4.72 Å². The Morgan fingerprint density at radius 2 is 1.88 bits per heavy atom. The minimum absolute atomic E-state index is 0.183. The van der Waals surface area contributed by atoms with Crippen LogP contribution >= 0.6 is 0 Å². The van der Waals surface area contributed by atoms with Crippen molar-refractivity contribution in [1.29, 1.82) is 0 Å². The molecule has 0 spiro atoms. The summed E-state index contributed by atoms with van der Waals surface area (Å²) in [5, 5.41) is 0. The van der Waals surface area contributed by atoms with E-state index >= 15 is 0 Å². The molecule has 0 aromatic heterocycles. The van der Waals surface area contributed by atoms with Crippen molar-refractivity contribution in [3.8, 4) is 0 Å². The van der Waals surface area contributed by atoms with Gasteiger partial charge < -0.3 is 4.55 Å². The topological polar surface area (TPSA) is 35.1 Å². The lowest BCUT2D eigenvalue weighted by atomic mass is 10.1. The second-order valence-electron chi connectivity index (χ2n) is 4.89. The smallest absolute Gasteiger partial charge is 0.136 e. The van der Waals surface area contributed by atoms with E-state index in [0.717, 1.165) is 18.2 Å². The molecule has 0 radical (unpaired) electrons. The van der Waals surface area contributed by atoms with E-state index in [1.165, 1.54) is 0 Å². The van der Waals surface area contributed by atoms with Crippen molar-refractivity contribution in [2.75, 3.05) is 0 Å². The third-order valence-electron chi connectivity index (χ3n) is 2.26. The van der Waals surface area contributed by atoms with Crippen molar-refractivity contribution >= 4 is 11.4 Å². The van der Waals surface area contributed by atoms with Gasteiger partial charge in [-0.2, -0.15) is 0 Å². The number of rotatable bonds is 3. The second-order valence-corrected chi connectivity index (χ2v) is 6.88. The van der Waals surface area contributed by atoms with Crippen LogP contribution in [0, 0.1) is 11.6 Å². The molecular formula is C12H17F2NOS. The molecule has 0 aliphatic heterocycles. The maximum absolute atomic E-state index is 13.5. The van der Waals surface area contributed by atoms with Gasteiger partial charge in [-0.05, 0) is 45.9 Å². The zero-order valence-corrected chi connectivity index (χ0v) is 11.2. The van der Waals surface area contributed by atoms with Gasteiger partial charge in [0, 0.05) is 16.9 Å². The summed E-state index contributed by atoms with van der Waals surface area (Å²) in [5.41, 5.74) is 0.183. The number of halogens is 2. The summed E-state index contributed by atoms with van der Waals surface area (Å²) in [5.74, 6) is -1.01. The van der Waals surface area contributed by atoms with E-state index in [9.17, 15) is 13.3 Å². The third kappa shape index (κ3) is 3.94. The van der Waals surface area contributed by atoms with Crippen LogP contribution in [0.15, 0.2) is 18.2 Å². The van der Waals surface area contributed by atoms with E-state index < -0.39 is 33.8 Å². The lowest BCUT2D eigenvalue weighted by Crippen LogP contribution is -2.40. The number of hydrogen-bond donors (Lipinski definition) is 1. The predicted molar refractivity (Wildman–Crippen MR) is 65.8 cm³/mol. The van der Waals surface area contributed by atoms with Crippen molar-refractivity contribution in [3.63, 3.8) is 0 Å². The SMILES string of the molecule is C[C@H](N[S+]([O-])C(C)(C)C)c1cc(F)ccc1F. The number of hydrogen-bond acceptors (Lipinski definition) is 2. The molecule has 0 fully saturated rings. The van der Waals surface area contributed by atoms with Gasteiger partial charge in [0.05, 0.1) is 6.04 Å². The first-order valence-electron chi connectivity index (χ1n) is 5.35. The Hall–Kier alpha value is -0.650. The average molecular weight is 261 g/mol. The predicted octanol–water partition coefficient (Wildman–Crippen LogP) is 3.08. The molecule has 2 nitrogen and oxygen atoms in total. The monoisotopic (exact) mass is 261 g/mol. The van der Waals surface area contributed by atoms with E-state index in [1.807, 2.05) is 20.8 Å². The highest BCUT2D eigenvalue weighted by Crippen LogP contribution is 2.22. The maximum atomic E-state index is 13.5. The van der Waals surface area contributed by atoms with Crippen LogP contribution in [-0.2, 0) is 11.4 Å². The molecule has 1 aromatic rings. The molecule has 0 amide bonds. The van der Waals surface area contributed by atoms with Crippen LogP contribution in [-0.4, -0.2) is 9.30 Å². The molecule has 0 bridgehead atoms. The van der Waals surface area contributed by atoms with E-state index in [0.29, 0.717) is 0 Å². The van der Waals surface area contributed by atoms with Crippen LogP contribution in [0.3, 0.4) is 0 Å². The minimum atomic E-state index is -1.32. The van der Waals surface area contributed by atoms with Crippen molar-refractivity contribution in [3.05, 3.63) is 35.4 Å². The van der Waals surface area contributed by atoms with Gasteiger partial charge in [-0.3, -0.25) is 0 Å². The molecule has 0 heterocycles. The van der Waals surface area contributed by atoms with Crippen LogP contribution in [0.5, 0.6) is 0 Å². The summed E-state index contributed by atoms with van der Waals surface area (Å²) in [4.78, 5) is 0. The Bertz CT molecular complexity index is 393. The van der Waals surface area contributed by atoms with E-state index in [-0.39, 0.29) is 5.56 Å². The van der Waals surface area contributed by atoms with Gasteiger partial charge in [0.25, 0.3) is 0 Å². The van der Waals surface area contributed by atoms with Gasteiger partial charge in [0.2, 0.25) is 0 Å². The molecule has 2 atom stereocenters. The zero-order valence-electron chi connectivity index (χ0n) is 10.4.